The molecule has 0 aliphatic rings. The van der Waals surface area contributed by atoms with Crippen LogP contribution >= 0.6 is 0 Å². The number of hydrogen-bond donors (Lipinski definition) is 2. The molecule has 0 saturated carbocycles. The molecule has 9 heteroatoms. The summed E-state index contributed by atoms with van der Waals surface area (Å²) in [6, 6.07) is 3.07. The molecule has 1 unspecified atom stereocenters. The highest BCUT2D eigenvalue weighted by atomic mass is 32.2. The van der Waals surface area contributed by atoms with Gasteiger partial charge in [-0.15, -0.1) is 0 Å². The van der Waals surface area contributed by atoms with Crippen molar-refractivity contribution in [1.82, 2.24) is 0 Å². The van der Waals surface area contributed by atoms with Gasteiger partial charge in [0.15, 0.2) is 9.84 Å². The molecule has 1 aromatic rings. The fourth-order valence-electron chi connectivity index (χ4n) is 1.27. The molecule has 0 heterocycles. The van der Waals surface area contributed by atoms with Gasteiger partial charge in [0.25, 0.3) is 5.69 Å². The van der Waals surface area contributed by atoms with Crippen molar-refractivity contribution in [2.75, 3.05) is 5.75 Å². The lowest BCUT2D eigenvalue weighted by Gasteiger charge is -2.08. The van der Waals surface area contributed by atoms with Crippen LogP contribution in [-0.4, -0.2) is 36.2 Å². The van der Waals surface area contributed by atoms with E-state index in [1.807, 2.05) is 0 Å². The summed E-state index contributed by atoms with van der Waals surface area (Å²) in [4.78, 5) is 19.8. The summed E-state index contributed by atoms with van der Waals surface area (Å²) in [5.74, 6) is -2.38. The Labute approximate surface area is 102 Å². The number of carboxylic acids is 1. The number of carboxylic acid groups (broad SMARTS) is 1. The molecule has 0 amide bonds. The lowest BCUT2D eigenvalue weighted by Crippen LogP contribution is -2.37. The van der Waals surface area contributed by atoms with Gasteiger partial charge in [-0.05, 0) is 6.07 Å². The maximum absolute atomic E-state index is 11.8. The van der Waals surface area contributed by atoms with Gasteiger partial charge < -0.3 is 10.8 Å². The number of rotatable bonds is 5. The van der Waals surface area contributed by atoms with Crippen molar-refractivity contribution in [2.45, 2.75) is 10.9 Å². The van der Waals surface area contributed by atoms with E-state index in [9.17, 15) is 23.3 Å². The highest BCUT2D eigenvalue weighted by Gasteiger charge is 2.29. The minimum Gasteiger partial charge on any atom is -0.480 e. The molecule has 0 spiro atoms. The number of nitrogens with zero attached hydrogens (tertiary/aromatic N) is 1. The Morgan fingerprint density at radius 2 is 2.00 bits per heavy atom. The summed E-state index contributed by atoms with van der Waals surface area (Å²) in [7, 11) is -4.13. The summed E-state index contributed by atoms with van der Waals surface area (Å²) in [5, 5.41) is 19.2. The number of aliphatic carboxylic acids is 1. The topological polar surface area (TPSA) is 141 Å². The van der Waals surface area contributed by atoms with E-state index in [0.29, 0.717) is 0 Å². The van der Waals surface area contributed by atoms with E-state index in [1.165, 1.54) is 12.1 Å². The van der Waals surface area contributed by atoms with Gasteiger partial charge in [-0.1, -0.05) is 12.1 Å². The van der Waals surface area contributed by atoms with Crippen LogP contribution in [0.25, 0.3) is 0 Å². The zero-order valence-corrected chi connectivity index (χ0v) is 9.83. The zero-order valence-electron chi connectivity index (χ0n) is 9.02. The fourth-order valence-corrected chi connectivity index (χ4v) is 2.81. The first-order valence-electron chi connectivity index (χ1n) is 4.70. The van der Waals surface area contributed by atoms with Crippen LogP contribution < -0.4 is 5.73 Å². The van der Waals surface area contributed by atoms with Crippen LogP contribution in [-0.2, 0) is 14.6 Å². The number of nitrogens with two attached hydrogens (primary N) is 1. The number of benzene rings is 1. The second kappa shape index (κ2) is 5.10. The quantitative estimate of drug-likeness (QED) is 0.558. The van der Waals surface area contributed by atoms with Gasteiger partial charge in [-0.3, -0.25) is 14.9 Å². The van der Waals surface area contributed by atoms with Crippen LogP contribution in [0.5, 0.6) is 0 Å². The summed E-state index contributed by atoms with van der Waals surface area (Å²) in [6.07, 6.45) is 0. The minimum absolute atomic E-state index is 0.535. The molecule has 0 aromatic heterocycles. The number of hydrogen-bond acceptors (Lipinski definition) is 6. The molecule has 0 saturated heterocycles. The Bertz CT molecular complexity index is 582. The monoisotopic (exact) mass is 274 g/mol. The first-order valence-corrected chi connectivity index (χ1v) is 6.35. The van der Waals surface area contributed by atoms with Gasteiger partial charge in [-0.25, -0.2) is 8.42 Å². The normalized spacial score (nSPS) is 12.9. The van der Waals surface area contributed by atoms with Crippen LogP contribution in [0.15, 0.2) is 29.2 Å². The average Bonchev–Trinajstić information content (AvgIpc) is 2.28. The predicted octanol–water partition coefficient (Wildman–Crippen LogP) is -0.220. The van der Waals surface area contributed by atoms with Crippen molar-refractivity contribution in [3.8, 4) is 0 Å². The smallest absolute Gasteiger partial charge is 0.321 e. The standard InChI is InChI=1S/C9H10N2O6S/c10-6(9(12)13)5-18(16,17)8-4-2-1-3-7(8)11(14)15/h1-4,6H,5,10H2,(H,12,13). The zero-order chi connectivity index (χ0) is 13.9. The van der Waals surface area contributed by atoms with Crippen LogP contribution in [0.3, 0.4) is 0 Å². The van der Waals surface area contributed by atoms with E-state index in [2.05, 4.69) is 0 Å². The van der Waals surface area contributed by atoms with Crippen molar-refractivity contribution >= 4 is 21.5 Å². The third kappa shape index (κ3) is 3.02. The van der Waals surface area contributed by atoms with Crippen molar-refractivity contribution in [1.29, 1.82) is 0 Å². The van der Waals surface area contributed by atoms with Gasteiger partial charge in [0.1, 0.15) is 10.9 Å². The van der Waals surface area contributed by atoms with Gasteiger partial charge >= 0.3 is 5.97 Å². The summed E-state index contributed by atoms with van der Waals surface area (Å²) in [5.41, 5.74) is 4.52. The molecule has 0 aliphatic carbocycles. The lowest BCUT2D eigenvalue weighted by atomic mass is 10.3. The number of nitro groups is 1. The van der Waals surface area contributed by atoms with E-state index < -0.39 is 43.1 Å². The summed E-state index contributed by atoms with van der Waals surface area (Å²) in [6.45, 7) is 0. The van der Waals surface area contributed by atoms with Crippen molar-refractivity contribution in [3.05, 3.63) is 34.4 Å². The Hall–Kier alpha value is -2.00. The summed E-state index contributed by atoms with van der Waals surface area (Å²) >= 11 is 0. The Balaban J connectivity index is 3.21. The molecule has 0 radical (unpaired) electrons. The van der Waals surface area contributed by atoms with Gasteiger partial charge in [-0.2, -0.15) is 0 Å². The van der Waals surface area contributed by atoms with Crippen molar-refractivity contribution in [2.24, 2.45) is 5.73 Å². The second-order valence-electron chi connectivity index (χ2n) is 3.45. The molecule has 18 heavy (non-hydrogen) atoms. The van der Waals surface area contributed by atoms with Crippen LogP contribution in [0, 0.1) is 10.1 Å². The van der Waals surface area contributed by atoms with Crippen LogP contribution in [0.1, 0.15) is 0 Å². The number of nitro benzene ring substituents is 1. The van der Waals surface area contributed by atoms with Gasteiger partial charge in [0, 0.05) is 6.07 Å². The van der Waals surface area contributed by atoms with E-state index in [4.69, 9.17) is 10.8 Å². The predicted molar refractivity (Wildman–Crippen MR) is 60.8 cm³/mol. The van der Waals surface area contributed by atoms with Gasteiger partial charge in [0.05, 0.1) is 10.7 Å². The molecule has 3 N–H and O–H groups in total. The molecule has 0 bridgehead atoms. The van der Waals surface area contributed by atoms with E-state index >= 15 is 0 Å². The molecular weight excluding hydrogens is 264 g/mol. The Morgan fingerprint density at radius 1 is 1.44 bits per heavy atom. The number of sulfone groups is 1. The number of para-hydroxylation sites is 1. The largest absolute Gasteiger partial charge is 0.480 e. The fraction of sp³-hybridized carbons (Fsp3) is 0.222. The Morgan fingerprint density at radius 3 is 2.50 bits per heavy atom. The molecule has 1 rings (SSSR count). The molecule has 98 valence electrons. The first kappa shape index (κ1) is 14.1. The first-order chi connectivity index (χ1) is 8.25. The lowest BCUT2D eigenvalue weighted by molar-refractivity contribution is -0.387. The van der Waals surface area contributed by atoms with Crippen molar-refractivity contribution in [3.63, 3.8) is 0 Å². The molecule has 1 atom stereocenters. The van der Waals surface area contributed by atoms with Gasteiger partial charge in [0.2, 0.25) is 0 Å². The highest BCUT2D eigenvalue weighted by molar-refractivity contribution is 7.91. The highest BCUT2D eigenvalue weighted by Crippen LogP contribution is 2.24. The molecule has 0 fully saturated rings. The van der Waals surface area contributed by atoms with Crippen LogP contribution in [0.4, 0.5) is 5.69 Å². The molecule has 0 aliphatic heterocycles. The van der Waals surface area contributed by atoms with Crippen LogP contribution in [0.2, 0.25) is 0 Å². The molecular formula is C9H10N2O6S. The number of carbonyl (C=O) groups is 1. The maximum Gasteiger partial charge on any atom is 0.321 e. The molecule has 8 nitrogen and oxygen atoms in total. The third-order valence-corrected chi connectivity index (χ3v) is 3.93. The average molecular weight is 274 g/mol. The third-order valence-electron chi connectivity index (χ3n) is 2.11. The SMILES string of the molecule is NC(CS(=O)(=O)c1ccccc1[N+](=O)[O-])C(=O)O. The van der Waals surface area contributed by atoms with E-state index in [0.717, 1.165) is 12.1 Å². The summed E-state index contributed by atoms with van der Waals surface area (Å²) < 4.78 is 23.6. The van der Waals surface area contributed by atoms with Crippen molar-refractivity contribution < 1.29 is 23.2 Å². The maximum atomic E-state index is 11.8. The second-order valence-corrected chi connectivity index (χ2v) is 5.45. The van der Waals surface area contributed by atoms with E-state index in [-0.39, 0.29) is 0 Å². The Kier molecular flexibility index (Phi) is 3.99. The molecule has 1 aromatic carbocycles. The van der Waals surface area contributed by atoms with E-state index in [1.54, 1.807) is 0 Å². The minimum atomic E-state index is -4.13.